The van der Waals surface area contributed by atoms with E-state index in [2.05, 4.69) is 15.5 Å². The van der Waals surface area contributed by atoms with Crippen molar-refractivity contribution in [3.05, 3.63) is 0 Å². The number of nitrogens with zero attached hydrogens (tertiary/aromatic N) is 1. The van der Waals surface area contributed by atoms with Crippen molar-refractivity contribution in [1.29, 1.82) is 0 Å². The molecule has 2 rings (SSSR count). The fourth-order valence-corrected chi connectivity index (χ4v) is 2.51. The summed E-state index contributed by atoms with van der Waals surface area (Å²) >= 11 is 0. The minimum Gasteiger partial charge on any atom is -0.379 e. The Kier molecular flexibility index (Phi) is 11.4. The fraction of sp³-hybridized carbons (Fsp3) is 0.923. The Bertz CT molecular complexity index is 286. The van der Waals surface area contributed by atoms with E-state index in [1.54, 1.807) is 0 Å². The zero-order valence-corrected chi connectivity index (χ0v) is 14.1. The summed E-state index contributed by atoms with van der Waals surface area (Å²) < 4.78 is 10.8. The van der Waals surface area contributed by atoms with E-state index in [0.717, 1.165) is 45.9 Å². The summed E-state index contributed by atoms with van der Waals surface area (Å²) in [5.41, 5.74) is 0. The van der Waals surface area contributed by atoms with Crippen molar-refractivity contribution >= 4 is 30.7 Å². The first-order valence-electron chi connectivity index (χ1n) is 7.16. The molecule has 1 amide bonds. The van der Waals surface area contributed by atoms with Gasteiger partial charge in [-0.05, 0) is 6.92 Å². The molecule has 0 saturated carbocycles. The number of hydrogen-bond donors (Lipinski definition) is 2. The van der Waals surface area contributed by atoms with Gasteiger partial charge in [0.25, 0.3) is 0 Å². The van der Waals surface area contributed by atoms with E-state index < -0.39 is 0 Å². The van der Waals surface area contributed by atoms with Crippen LogP contribution in [-0.4, -0.2) is 75.5 Å². The zero-order valence-electron chi connectivity index (χ0n) is 12.5. The molecule has 0 aromatic rings. The monoisotopic (exact) mass is 343 g/mol. The molecule has 2 aliphatic rings. The average molecular weight is 344 g/mol. The fourth-order valence-electron chi connectivity index (χ4n) is 2.51. The summed E-state index contributed by atoms with van der Waals surface area (Å²) in [6.45, 7) is 8.78. The van der Waals surface area contributed by atoms with Gasteiger partial charge < -0.3 is 20.1 Å². The molecule has 0 aliphatic carbocycles. The van der Waals surface area contributed by atoms with E-state index >= 15 is 0 Å². The maximum absolute atomic E-state index is 11.9. The summed E-state index contributed by atoms with van der Waals surface area (Å²) in [5.74, 6) is 0.0782. The van der Waals surface area contributed by atoms with Crippen molar-refractivity contribution in [2.45, 2.75) is 25.5 Å². The van der Waals surface area contributed by atoms with Gasteiger partial charge >= 0.3 is 0 Å². The predicted octanol–water partition coefficient (Wildman–Crippen LogP) is 0.0454. The number of morpholine rings is 2. The lowest BCUT2D eigenvalue weighted by Crippen LogP contribution is -2.47. The van der Waals surface area contributed by atoms with Crippen LogP contribution in [0.4, 0.5) is 0 Å². The second-order valence-electron chi connectivity index (χ2n) is 5.28. The number of halogens is 2. The maximum atomic E-state index is 11.9. The lowest BCUT2D eigenvalue weighted by Gasteiger charge is -2.30. The van der Waals surface area contributed by atoms with Crippen molar-refractivity contribution in [3.8, 4) is 0 Å². The maximum Gasteiger partial charge on any atom is 0.222 e. The molecular weight excluding hydrogens is 317 g/mol. The molecule has 2 atom stereocenters. The lowest BCUT2D eigenvalue weighted by molar-refractivity contribution is -0.125. The molecule has 6 nitrogen and oxygen atoms in total. The van der Waals surface area contributed by atoms with Gasteiger partial charge in [-0.2, -0.15) is 0 Å². The van der Waals surface area contributed by atoms with E-state index in [1.165, 1.54) is 0 Å². The molecule has 2 heterocycles. The van der Waals surface area contributed by atoms with Crippen LogP contribution in [0.5, 0.6) is 0 Å². The van der Waals surface area contributed by atoms with Crippen LogP contribution in [0, 0.1) is 0 Å². The molecule has 2 N–H and O–H groups in total. The summed E-state index contributed by atoms with van der Waals surface area (Å²) in [4.78, 5) is 14.2. The topological polar surface area (TPSA) is 62.8 Å². The summed E-state index contributed by atoms with van der Waals surface area (Å²) in [6, 6.07) is 0.169. The minimum absolute atomic E-state index is 0. The van der Waals surface area contributed by atoms with Crippen LogP contribution in [0.15, 0.2) is 0 Å². The molecule has 2 saturated heterocycles. The second-order valence-corrected chi connectivity index (χ2v) is 5.28. The molecular formula is C13H27Cl2N3O3. The Morgan fingerprint density at radius 1 is 1.33 bits per heavy atom. The van der Waals surface area contributed by atoms with Gasteiger partial charge in [-0.1, -0.05) is 0 Å². The van der Waals surface area contributed by atoms with Crippen molar-refractivity contribution in [2.24, 2.45) is 0 Å². The highest BCUT2D eigenvalue weighted by Gasteiger charge is 2.19. The van der Waals surface area contributed by atoms with Crippen molar-refractivity contribution in [3.63, 3.8) is 0 Å². The highest BCUT2D eigenvalue weighted by molar-refractivity contribution is 5.85. The Balaban J connectivity index is 0.00000200. The first-order valence-corrected chi connectivity index (χ1v) is 7.16. The van der Waals surface area contributed by atoms with E-state index in [1.807, 2.05) is 6.92 Å². The predicted molar refractivity (Wildman–Crippen MR) is 86.6 cm³/mol. The SMILES string of the molecule is CC(CN1CCOCC1)NC(=O)CC1CNCCO1.Cl.Cl. The number of rotatable bonds is 5. The minimum atomic E-state index is 0. The van der Waals surface area contributed by atoms with Gasteiger partial charge in [0.1, 0.15) is 0 Å². The normalized spacial score (nSPS) is 24.3. The van der Waals surface area contributed by atoms with E-state index in [9.17, 15) is 4.79 Å². The smallest absolute Gasteiger partial charge is 0.222 e. The van der Waals surface area contributed by atoms with Crippen molar-refractivity contribution < 1.29 is 14.3 Å². The molecule has 0 spiro atoms. The van der Waals surface area contributed by atoms with Crippen LogP contribution >= 0.6 is 24.8 Å². The Hall–Kier alpha value is -0.110. The third kappa shape index (κ3) is 8.18. The molecule has 21 heavy (non-hydrogen) atoms. The Morgan fingerprint density at radius 2 is 2.05 bits per heavy atom. The van der Waals surface area contributed by atoms with Crippen LogP contribution in [0.2, 0.25) is 0 Å². The molecule has 2 unspecified atom stereocenters. The summed E-state index contributed by atoms with van der Waals surface area (Å²) in [6.07, 6.45) is 0.463. The molecule has 0 radical (unpaired) electrons. The number of amides is 1. The Labute approximate surface area is 139 Å². The molecule has 8 heteroatoms. The third-order valence-corrected chi connectivity index (χ3v) is 3.46. The summed E-state index contributed by atoms with van der Waals surface area (Å²) in [5, 5.41) is 6.28. The first-order chi connectivity index (χ1) is 9.24. The number of nitrogens with one attached hydrogen (secondary N) is 2. The van der Waals surface area contributed by atoms with Crippen molar-refractivity contribution in [1.82, 2.24) is 15.5 Å². The summed E-state index contributed by atoms with van der Waals surface area (Å²) in [7, 11) is 0. The van der Waals surface area contributed by atoms with Gasteiger partial charge in [0, 0.05) is 38.8 Å². The quantitative estimate of drug-likeness (QED) is 0.738. The van der Waals surface area contributed by atoms with E-state index in [0.29, 0.717) is 13.0 Å². The van der Waals surface area contributed by atoms with Crippen LogP contribution in [0.3, 0.4) is 0 Å². The van der Waals surface area contributed by atoms with Gasteiger partial charge in [-0.3, -0.25) is 9.69 Å². The second kappa shape index (κ2) is 11.5. The van der Waals surface area contributed by atoms with E-state index in [4.69, 9.17) is 9.47 Å². The molecule has 2 aliphatic heterocycles. The van der Waals surface area contributed by atoms with Gasteiger partial charge in [-0.25, -0.2) is 0 Å². The third-order valence-electron chi connectivity index (χ3n) is 3.46. The molecule has 0 bridgehead atoms. The number of carbonyl (C=O) groups excluding carboxylic acids is 1. The van der Waals surface area contributed by atoms with Gasteiger partial charge in [-0.15, -0.1) is 24.8 Å². The molecule has 126 valence electrons. The molecule has 2 fully saturated rings. The van der Waals surface area contributed by atoms with E-state index in [-0.39, 0.29) is 42.9 Å². The van der Waals surface area contributed by atoms with Gasteiger partial charge in [0.05, 0.1) is 32.3 Å². The van der Waals surface area contributed by atoms with Gasteiger partial charge in [0.2, 0.25) is 5.91 Å². The number of ether oxygens (including phenoxy) is 2. The average Bonchev–Trinajstić information content (AvgIpc) is 2.40. The standard InChI is InChI=1S/C13H25N3O3.2ClH/c1-11(10-16-3-6-18-7-4-16)15-13(17)8-12-9-14-2-5-19-12;;/h11-12,14H,2-10H2,1H3,(H,15,17);2*1H. The lowest BCUT2D eigenvalue weighted by atomic mass is 10.2. The highest BCUT2D eigenvalue weighted by Crippen LogP contribution is 2.03. The van der Waals surface area contributed by atoms with Crippen LogP contribution in [-0.2, 0) is 14.3 Å². The number of hydrogen-bond acceptors (Lipinski definition) is 5. The zero-order chi connectivity index (χ0) is 13.5. The molecule has 0 aromatic heterocycles. The largest absolute Gasteiger partial charge is 0.379 e. The van der Waals surface area contributed by atoms with Crippen molar-refractivity contribution in [2.75, 3.05) is 52.5 Å². The Morgan fingerprint density at radius 3 is 2.67 bits per heavy atom. The van der Waals surface area contributed by atoms with Gasteiger partial charge in [0.15, 0.2) is 0 Å². The number of carbonyl (C=O) groups is 1. The van der Waals surface area contributed by atoms with Crippen LogP contribution in [0.1, 0.15) is 13.3 Å². The molecule has 0 aromatic carbocycles. The highest BCUT2D eigenvalue weighted by atomic mass is 35.5. The van der Waals surface area contributed by atoms with Crippen LogP contribution in [0.25, 0.3) is 0 Å². The first kappa shape index (κ1) is 20.9. The van der Waals surface area contributed by atoms with Crippen LogP contribution < -0.4 is 10.6 Å².